The van der Waals surface area contributed by atoms with Crippen LogP contribution in [0.1, 0.15) is 35.7 Å². The average Bonchev–Trinajstić information content (AvgIpc) is 3.22. The van der Waals surface area contributed by atoms with Gasteiger partial charge in [-0.2, -0.15) is 4.31 Å². The standard InChI is InChI=1S/C22H24N2O5S/c1-4-24(5-2)30(26,27)18-12-11-16(3)19(13-18)22(25)28-15-21-23-14-20(29-21)17-9-7-6-8-10-17/h6-14H,4-5,15H2,1-3H3. The Morgan fingerprint density at radius 3 is 2.47 bits per heavy atom. The zero-order valence-electron chi connectivity index (χ0n) is 17.2. The number of benzene rings is 2. The third-order valence-corrected chi connectivity index (χ3v) is 6.76. The molecule has 0 atom stereocenters. The minimum Gasteiger partial charge on any atom is -0.452 e. The topological polar surface area (TPSA) is 89.7 Å². The highest BCUT2D eigenvalue weighted by molar-refractivity contribution is 7.89. The van der Waals surface area contributed by atoms with Crippen molar-refractivity contribution in [1.29, 1.82) is 0 Å². The number of ether oxygens (including phenoxy) is 1. The molecule has 7 nitrogen and oxygen atoms in total. The molecule has 0 spiro atoms. The first kappa shape index (κ1) is 21.7. The van der Waals surface area contributed by atoms with Gasteiger partial charge < -0.3 is 9.15 Å². The molecule has 0 aliphatic rings. The summed E-state index contributed by atoms with van der Waals surface area (Å²) in [7, 11) is -3.67. The molecule has 1 heterocycles. The van der Waals surface area contributed by atoms with E-state index in [0.717, 1.165) is 5.56 Å². The molecule has 0 radical (unpaired) electrons. The second-order valence-corrected chi connectivity index (χ2v) is 8.56. The Balaban J connectivity index is 1.75. The first-order chi connectivity index (χ1) is 14.4. The lowest BCUT2D eigenvalue weighted by Gasteiger charge is -2.19. The molecule has 0 saturated heterocycles. The lowest BCUT2D eigenvalue weighted by molar-refractivity contribution is 0.0438. The predicted octanol–water partition coefficient (Wildman–Crippen LogP) is 4.04. The zero-order valence-corrected chi connectivity index (χ0v) is 18.0. The van der Waals surface area contributed by atoms with Crippen molar-refractivity contribution >= 4 is 16.0 Å². The van der Waals surface area contributed by atoms with E-state index in [-0.39, 0.29) is 23.0 Å². The van der Waals surface area contributed by atoms with Crippen molar-refractivity contribution in [2.24, 2.45) is 0 Å². The van der Waals surface area contributed by atoms with E-state index in [1.165, 1.54) is 16.4 Å². The maximum atomic E-state index is 12.7. The van der Waals surface area contributed by atoms with Gasteiger partial charge in [0, 0.05) is 18.7 Å². The van der Waals surface area contributed by atoms with Crippen LogP contribution in [-0.2, 0) is 21.4 Å². The van der Waals surface area contributed by atoms with E-state index in [2.05, 4.69) is 4.98 Å². The van der Waals surface area contributed by atoms with Gasteiger partial charge in [-0.05, 0) is 24.6 Å². The van der Waals surface area contributed by atoms with Crippen LogP contribution in [0.3, 0.4) is 0 Å². The summed E-state index contributed by atoms with van der Waals surface area (Å²) in [6.45, 7) is 5.80. The fourth-order valence-corrected chi connectivity index (χ4v) is 4.50. The van der Waals surface area contributed by atoms with Crippen LogP contribution in [0.4, 0.5) is 0 Å². The van der Waals surface area contributed by atoms with Crippen LogP contribution < -0.4 is 0 Å². The molecule has 0 unspecified atom stereocenters. The number of nitrogens with zero attached hydrogens (tertiary/aromatic N) is 2. The number of carbonyl (C=O) groups excluding carboxylic acids is 1. The van der Waals surface area contributed by atoms with Crippen molar-refractivity contribution in [3.05, 3.63) is 71.7 Å². The van der Waals surface area contributed by atoms with Gasteiger partial charge in [0.25, 0.3) is 0 Å². The molecule has 0 N–H and O–H groups in total. The minimum absolute atomic E-state index is 0.0613. The Kier molecular flexibility index (Phi) is 6.69. The highest BCUT2D eigenvalue weighted by Crippen LogP contribution is 2.22. The SMILES string of the molecule is CCN(CC)S(=O)(=O)c1ccc(C)c(C(=O)OCc2ncc(-c3ccccc3)o2)c1. The van der Waals surface area contributed by atoms with Gasteiger partial charge in [0.1, 0.15) is 0 Å². The smallest absolute Gasteiger partial charge is 0.338 e. The molecule has 0 fully saturated rings. The molecule has 0 aliphatic heterocycles. The number of hydrogen-bond acceptors (Lipinski definition) is 6. The van der Waals surface area contributed by atoms with Gasteiger partial charge in [-0.3, -0.25) is 0 Å². The highest BCUT2D eigenvalue weighted by Gasteiger charge is 2.24. The number of aryl methyl sites for hydroxylation is 1. The molecule has 0 saturated carbocycles. The molecule has 158 valence electrons. The molecular weight excluding hydrogens is 404 g/mol. The molecule has 2 aromatic carbocycles. The Morgan fingerprint density at radius 1 is 1.10 bits per heavy atom. The normalized spacial score (nSPS) is 11.6. The number of esters is 1. The average molecular weight is 429 g/mol. The Bertz CT molecular complexity index is 1120. The summed E-state index contributed by atoms with van der Waals surface area (Å²) < 4.78 is 37.8. The van der Waals surface area contributed by atoms with Crippen molar-refractivity contribution in [2.75, 3.05) is 13.1 Å². The van der Waals surface area contributed by atoms with E-state index < -0.39 is 16.0 Å². The summed E-state index contributed by atoms with van der Waals surface area (Å²) in [6, 6.07) is 13.9. The molecule has 0 amide bonds. The van der Waals surface area contributed by atoms with Crippen LogP contribution in [-0.4, -0.2) is 36.8 Å². The summed E-state index contributed by atoms with van der Waals surface area (Å²) in [5.41, 5.74) is 1.68. The predicted molar refractivity (Wildman–Crippen MR) is 112 cm³/mol. The summed E-state index contributed by atoms with van der Waals surface area (Å²) in [6.07, 6.45) is 1.57. The summed E-state index contributed by atoms with van der Waals surface area (Å²) in [5.74, 6) is 0.195. The van der Waals surface area contributed by atoms with Crippen LogP contribution in [0.15, 0.2) is 64.0 Å². The van der Waals surface area contributed by atoms with Crippen molar-refractivity contribution in [1.82, 2.24) is 9.29 Å². The number of hydrogen-bond donors (Lipinski definition) is 0. The van der Waals surface area contributed by atoms with Gasteiger partial charge in [-0.15, -0.1) is 0 Å². The van der Waals surface area contributed by atoms with E-state index in [1.807, 2.05) is 30.3 Å². The monoisotopic (exact) mass is 428 g/mol. The third kappa shape index (κ3) is 4.60. The molecule has 1 aromatic heterocycles. The maximum absolute atomic E-state index is 12.7. The quantitative estimate of drug-likeness (QED) is 0.503. The third-order valence-electron chi connectivity index (χ3n) is 4.71. The Labute approximate surface area is 176 Å². The number of oxazole rings is 1. The molecule has 30 heavy (non-hydrogen) atoms. The van der Waals surface area contributed by atoms with E-state index in [0.29, 0.717) is 24.4 Å². The minimum atomic E-state index is -3.67. The lowest BCUT2D eigenvalue weighted by Crippen LogP contribution is -2.30. The highest BCUT2D eigenvalue weighted by atomic mass is 32.2. The zero-order chi connectivity index (χ0) is 21.7. The molecule has 3 rings (SSSR count). The Morgan fingerprint density at radius 2 is 1.80 bits per heavy atom. The molecule has 3 aromatic rings. The van der Waals surface area contributed by atoms with Crippen LogP contribution >= 0.6 is 0 Å². The van der Waals surface area contributed by atoms with Gasteiger partial charge in [0.2, 0.25) is 15.9 Å². The summed E-state index contributed by atoms with van der Waals surface area (Å²) in [5, 5.41) is 0. The largest absolute Gasteiger partial charge is 0.452 e. The second kappa shape index (κ2) is 9.23. The first-order valence-corrected chi connectivity index (χ1v) is 11.1. The Hall–Kier alpha value is -2.97. The van der Waals surface area contributed by atoms with Gasteiger partial charge in [0.05, 0.1) is 16.7 Å². The number of sulfonamides is 1. The molecule has 0 bridgehead atoms. The fraction of sp³-hybridized carbons (Fsp3) is 0.273. The van der Waals surface area contributed by atoms with Gasteiger partial charge >= 0.3 is 5.97 Å². The summed E-state index contributed by atoms with van der Waals surface area (Å²) in [4.78, 5) is 16.8. The van der Waals surface area contributed by atoms with Crippen LogP contribution in [0.5, 0.6) is 0 Å². The van der Waals surface area contributed by atoms with E-state index >= 15 is 0 Å². The van der Waals surface area contributed by atoms with Crippen molar-refractivity contribution in [3.8, 4) is 11.3 Å². The van der Waals surface area contributed by atoms with Crippen LogP contribution in [0.2, 0.25) is 0 Å². The number of aromatic nitrogens is 1. The van der Waals surface area contributed by atoms with Gasteiger partial charge in [0.15, 0.2) is 12.4 Å². The van der Waals surface area contributed by atoms with E-state index in [9.17, 15) is 13.2 Å². The van der Waals surface area contributed by atoms with Crippen molar-refractivity contribution in [3.63, 3.8) is 0 Å². The van der Waals surface area contributed by atoms with Gasteiger partial charge in [-0.25, -0.2) is 18.2 Å². The fourth-order valence-electron chi connectivity index (χ4n) is 3.01. The van der Waals surface area contributed by atoms with E-state index in [1.54, 1.807) is 33.0 Å². The van der Waals surface area contributed by atoms with Gasteiger partial charge in [-0.1, -0.05) is 50.2 Å². The summed E-state index contributed by atoms with van der Waals surface area (Å²) >= 11 is 0. The molecular formula is C22H24N2O5S. The molecule has 8 heteroatoms. The molecule has 0 aliphatic carbocycles. The van der Waals surface area contributed by atoms with Crippen molar-refractivity contribution < 1.29 is 22.4 Å². The second-order valence-electron chi connectivity index (χ2n) is 6.63. The maximum Gasteiger partial charge on any atom is 0.338 e. The lowest BCUT2D eigenvalue weighted by atomic mass is 10.1. The van der Waals surface area contributed by atoms with Crippen molar-refractivity contribution in [2.45, 2.75) is 32.3 Å². The van der Waals surface area contributed by atoms with Crippen LogP contribution in [0, 0.1) is 6.92 Å². The first-order valence-electron chi connectivity index (χ1n) is 9.64. The number of carbonyl (C=O) groups is 1. The van der Waals surface area contributed by atoms with Crippen LogP contribution in [0.25, 0.3) is 11.3 Å². The number of rotatable bonds is 8. The van der Waals surface area contributed by atoms with E-state index in [4.69, 9.17) is 9.15 Å².